The maximum Gasteiger partial charge on any atom is 0.226 e. The highest BCUT2D eigenvalue weighted by molar-refractivity contribution is 5.92. The minimum absolute atomic E-state index is 0. The number of hydrogen-bond donors (Lipinski definition) is 1. The van der Waals surface area contributed by atoms with Gasteiger partial charge >= 0.3 is 0 Å². The first kappa shape index (κ1) is 18.9. The number of carbonyl (C=O) groups excluding carboxylic acids is 1. The van der Waals surface area contributed by atoms with Crippen LogP contribution in [0.5, 0.6) is 0 Å². The lowest BCUT2D eigenvalue weighted by molar-refractivity contribution is -0.118. The second-order valence-electron chi connectivity index (χ2n) is 5.96. The molecule has 0 radical (unpaired) electrons. The number of halogens is 1. The minimum Gasteiger partial charge on any atom is -0.320 e. The van der Waals surface area contributed by atoms with E-state index in [0.29, 0.717) is 6.42 Å². The monoisotopic (exact) mass is 298 g/mol. The fourth-order valence-electron chi connectivity index (χ4n) is 1.91. The molecule has 0 aliphatic heterocycles. The number of hydrogen-bond acceptors (Lipinski definition) is 2. The van der Waals surface area contributed by atoms with Crippen molar-refractivity contribution in [3.05, 3.63) is 29.8 Å². The van der Waals surface area contributed by atoms with Crippen LogP contribution < -0.4 is 10.2 Å². The molecule has 0 saturated heterocycles. The lowest BCUT2D eigenvalue weighted by Crippen LogP contribution is -2.26. The molecule has 0 unspecified atom stereocenters. The Hall–Kier alpha value is -1.06. The lowest BCUT2D eigenvalue weighted by Gasteiger charge is -2.22. The van der Waals surface area contributed by atoms with E-state index in [0.717, 1.165) is 18.7 Å². The summed E-state index contributed by atoms with van der Waals surface area (Å²) in [7, 11) is 3.74. The quantitative estimate of drug-likeness (QED) is 0.845. The van der Waals surface area contributed by atoms with Crippen molar-refractivity contribution < 1.29 is 4.79 Å². The predicted octanol–water partition coefficient (Wildman–Crippen LogP) is 3.37. The van der Waals surface area contributed by atoms with Crippen molar-refractivity contribution in [1.29, 1.82) is 0 Å². The van der Waals surface area contributed by atoms with Crippen LogP contribution in [0.4, 0.5) is 5.69 Å². The van der Waals surface area contributed by atoms with Crippen molar-refractivity contribution in [1.82, 2.24) is 5.32 Å². The zero-order chi connectivity index (χ0) is 14.5. The molecule has 114 valence electrons. The largest absolute Gasteiger partial charge is 0.320 e. The van der Waals surface area contributed by atoms with Crippen molar-refractivity contribution in [3.63, 3.8) is 0 Å². The molecule has 0 atom stereocenters. The molecule has 0 spiro atoms. The zero-order valence-electron chi connectivity index (χ0n) is 13.2. The van der Waals surface area contributed by atoms with E-state index in [1.807, 2.05) is 26.2 Å². The van der Waals surface area contributed by atoms with Gasteiger partial charge in [-0.2, -0.15) is 0 Å². The molecule has 3 nitrogen and oxygen atoms in total. The van der Waals surface area contributed by atoms with Crippen molar-refractivity contribution >= 4 is 24.0 Å². The van der Waals surface area contributed by atoms with Gasteiger partial charge in [0.1, 0.15) is 0 Å². The maximum atomic E-state index is 12.0. The third kappa shape index (κ3) is 5.51. The van der Waals surface area contributed by atoms with E-state index in [1.165, 1.54) is 5.56 Å². The number of nitrogens with zero attached hydrogens (tertiary/aromatic N) is 1. The Kier molecular flexibility index (Phi) is 7.84. The molecule has 0 heterocycles. The molecule has 0 aliphatic rings. The van der Waals surface area contributed by atoms with E-state index in [4.69, 9.17) is 0 Å². The average Bonchev–Trinajstić information content (AvgIpc) is 2.37. The van der Waals surface area contributed by atoms with Crippen LogP contribution in [0.3, 0.4) is 0 Å². The summed E-state index contributed by atoms with van der Waals surface area (Å²) in [5.74, 6) is 0.166. The number of benzene rings is 1. The number of nitrogens with one attached hydrogen (secondary N) is 1. The summed E-state index contributed by atoms with van der Waals surface area (Å²) in [5, 5.41) is 3.06. The van der Waals surface area contributed by atoms with Gasteiger partial charge in [-0.05, 0) is 43.1 Å². The summed E-state index contributed by atoms with van der Waals surface area (Å²) in [6, 6.07) is 8.26. The predicted molar refractivity (Wildman–Crippen MR) is 89.0 cm³/mol. The van der Waals surface area contributed by atoms with Crippen LogP contribution in [0.25, 0.3) is 0 Å². The number of anilines is 1. The molecule has 1 aromatic carbocycles. The molecule has 0 aliphatic carbocycles. The fraction of sp³-hybridized carbons (Fsp3) is 0.562. The molecule has 1 rings (SSSR count). The average molecular weight is 299 g/mol. The maximum absolute atomic E-state index is 12.0. The molecule has 0 aromatic heterocycles. The third-order valence-electron chi connectivity index (χ3n) is 3.31. The van der Waals surface area contributed by atoms with Gasteiger partial charge in [0.25, 0.3) is 0 Å². The SMILES string of the molecule is CNCCCC(=O)N(C)c1ccc(C(C)(C)C)cc1.Cl. The highest BCUT2D eigenvalue weighted by Crippen LogP contribution is 2.24. The van der Waals surface area contributed by atoms with E-state index in [1.54, 1.807) is 4.90 Å². The molecule has 0 saturated carbocycles. The van der Waals surface area contributed by atoms with Crippen molar-refractivity contribution in [2.24, 2.45) is 0 Å². The lowest BCUT2D eigenvalue weighted by atomic mass is 9.87. The van der Waals surface area contributed by atoms with Gasteiger partial charge in [-0.25, -0.2) is 0 Å². The zero-order valence-corrected chi connectivity index (χ0v) is 14.0. The second kappa shape index (κ2) is 8.28. The summed E-state index contributed by atoms with van der Waals surface area (Å²) < 4.78 is 0. The number of amides is 1. The van der Waals surface area contributed by atoms with Crippen LogP contribution in [-0.4, -0.2) is 26.5 Å². The molecule has 0 fully saturated rings. The molecule has 4 heteroatoms. The Bertz CT molecular complexity index is 409. The number of rotatable bonds is 5. The molecule has 20 heavy (non-hydrogen) atoms. The van der Waals surface area contributed by atoms with E-state index in [9.17, 15) is 4.79 Å². The van der Waals surface area contributed by atoms with Gasteiger partial charge in [-0.15, -0.1) is 12.4 Å². The Morgan fingerprint density at radius 1 is 1.20 bits per heavy atom. The van der Waals surface area contributed by atoms with Gasteiger partial charge in [-0.1, -0.05) is 32.9 Å². The highest BCUT2D eigenvalue weighted by Gasteiger charge is 2.15. The van der Waals surface area contributed by atoms with Crippen LogP contribution in [0.15, 0.2) is 24.3 Å². The summed E-state index contributed by atoms with van der Waals surface area (Å²) >= 11 is 0. The van der Waals surface area contributed by atoms with Crippen LogP contribution in [0, 0.1) is 0 Å². The molecule has 0 bridgehead atoms. The Morgan fingerprint density at radius 3 is 2.20 bits per heavy atom. The second-order valence-corrected chi connectivity index (χ2v) is 5.96. The first-order valence-electron chi connectivity index (χ1n) is 6.88. The van der Waals surface area contributed by atoms with Crippen molar-refractivity contribution in [2.75, 3.05) is 25.5 Å². The van der Waals surface area contributed by atoms with Crippen LogP contribution in [0.2, 0.25) is 0 Å². The van der Waals surface area contributed by atoms with Gasteiger partial charge in [-0.3, -0.25) is 4.79 Å². The molecular formula is C16H27ClN2O. The van der Waals surface area contributed by atoms with Crippen molar-refractivity contribution in [2.45, 2.75) is 39.0 Å². The van der Waals surface area contributed by atoms with Gasteiger partial charge in [0, 0.05) is 19.2 Å². The molecule has 1 amide bonds. The summed E-state index contributed by atoms with van der Waals surface area (Å²) in [6.07, 6.45) is 1.46. The number of carbonyl (C=O) groups is 1. The minimum atomic E-state index is 0. The summed E-state index contributed by atoms with van der Waals surface area (Å²) in [5.41, 5.74) is 2.39. The van der Waals surface area contributed by atoms with Gasteiger partial charge in [0.2, 0.25) is 5.91 Å². The smallest absolute Gasteiger partial charge is 0.226 e. The van der Waals surface area contributed by atoms with E-state index in [2.05, 4.69) is 38.2 Å². The normalized spacial score (nSPS) is 10.8. The molecular weight excluding hydrogens is 272 g/mol. The molecule has 1 N–H and O–H groups in total. The summed E-state index contributed by atoms with van der Waals surface area (Å²) in [6.45, 7) is 7.44. The van der Waals surface area contributed by atoms with E-state index in [-0.39, 0.29) is 23.7 Å². The first-order chi connectivity index (χ1) is 8.86. The standard InChI is InChI=1S/C16H26N2O.ClH/c1-16(2,3)13-8-10-14(11-9-13)18(5)15(19)7-6-12-17-4;/h8-11,17H,6-7,12H2,1-5H3;1H. The van der Waals surface area contributed by atoms with E-state index >= 15 is 0 Å². The third-order valence-corrected chi connectivity index (χ3v) is 3.31. The fourth-order valence-corrected chi connectivity index (χ4v) is 1.91. The van der Waals surface area contributed by atoms with Gasteiger partial charge in [0.05, 0.1) is 0 Å². The van der Waals surface area contributed by atoms with Crippen molar-refractivity contribution in [3.8, 4) is 0 Å². The van der Waals surface area contributed by atoms with Gasteiger partial charge in [0.15, 0.2) is 0 Å². The Morgan fingerprint density at radius 2 is 1.75 bits per heavy atom. The van der Waals surface area contributed by atoms with Crippen LogP contribution in [0.1, 0.15) is 39.2 Å². The van der Waals surface area contributed by atoms with Crippen LogP contribution in [-0.2, 0) is 10.2 Å². The summed E-state index contributed by atoms with van der Waals surface area (Å²) in [4.78, 5) is 13.7. The van der Waals surface area contributed by atoms with Gasteiger partial charge < -0.3 is 10.2 Å². The van der Waals surface area contributed by atoms with Crippen LogP contribution >= 0.6 is 12.4 Å². The van der Waals surface area contributed by atoms with E-state index < -0.39 is 0 Å². The first-order valence-corrected chi connectivity index (χ1v) is 6.88. The highest BCUT2D eigenvalue weighted by atomic mass is 35.5. The Labute approximate surface area is 129 Å². The topological polar surface area (TPSA) is 32.3 Å². The Balaban J connectivity index is 0.00000361. The molecule has 1 aromatic rings.